The van der Waals surface area contributed by atoms with Crippen molar-refractivity contribution < 1.29 is 9.90 Å². The summed E-state index contributed by atoms with van der Waals surface area (Å²) in [6, 6.07) is 3.65. The van der Waals surface area contributed by atoms with Crippen molar-refractivity contribution in [3.05, 3.63) is 21.9 Å². The van der Waals surface area contributed by atoms with Crippen LogP contribution in [0.25, 0.3) is 0 Å². The largest absolute Gasteiger partial charge is 0.477 e. The number of aromatic carboxylic acids is 1. The van der Waals surface area contributed by atoms with Crippen molar-refractivity contribution in [3.63, 3.8) is 0 Å². The second-order valence-electron chi connectivity index (χ2n) is 5.05. The van der Waals surface area contributed by atoms with Crippen molar-refractivity contribution in [2.24, 2.45) is 11.8 Å². The highest BCUT2D eigenvalue weighted by atomic mass is 32.1. The first kappa shape index (κ1) is 12.6. The lowest BCUT2D eigenvalue weighted by atomic mass is 9.89. The van der Waals surface area contributed by atoms with Crippen molar-refractivity contribution >= 4 is 17.3 Å². The Hall–Kier alpha value is -0.870. The molecule has 0 aliphatic carbocycles. The van der Waals surface area contributed by atoms with Gasteiger partial charge in [0.05, 0.1) is 0 Å². The number of hydrogen-bond donors (Lipinski definition) is 1. The molecular weight excluding hydrogens is 234 g/mol. The zero-order valence-corrected chi connectivity index (χ0v) is 11.2. The predicted octanol–water partition coefficient (Wildman–Crippen LogP) is 2.92. The molecule has 1 fully saturated rings. The number of likely N-dealkylation sites (tertiary alicyclic amines) is 1. The van der Waals surface area contributed by atoms with Crippen LogP contribution in [0.2, 0.25) is 0 Å². The Balaban J connectivity index is 1.94. The van der Waals surface area contributed by atoms with Crippen LogP contribution < -0.4 is 0 Å². The molecule has 3 nitrogen and oxygen atoms in total. The fraction of sp³-hybridized carbons (Fsp3) is 0.615. The summed E-state index contributed by atoms with van der Waals surface area (Å²) in [5, 5.41) is 8.88. The van der Waals surface area contributed by atoms with Crippen LogP contribution in [0, 0.1) is 11.8 Å². The van der Waals surface area contributed by atoms with Gasteiger partial charge in [-0.05, 0) is 36.9 Å². The van der Waals surface area contributed by atoms with Gasteiger partial charge in [0.1, 0.15) is 4.88 Å². The Bertz CT molecular complexity index is 402. The highest BCUT2D eigenvalue weighted by molar-refractivity contribution is 7.13. The van der Waals surface area contributed by atoms with Crippen molar-refractivity contribution in [2.45, 2.75) is 26.8 Å². The first-order chi connectivity index (χ1) is 8.06. The molecule has 2 unspecified atom stereocenters. The van der Waals surface area contributed by atoms with E-state index in [2.05, 4.69) is 18.7 Å². The van der Waals surface area contributed by atoms with Gasteiger partial charge in [-0.1, -0.05) is 13.8 Å². The maximum Gasteiger partial charge on any atom is 0.345 e. The fourth-order valence-electron chi connectivity index (χ4n) is 2.29. The maximum absolute atomic E-state index is 10.8. The standard InChI is InChI=1S/C13H19NO2S/c1-9-5-6-14(7-10(9)2)8-11-3-4-12(17-11)13(15)16/h3-4,9-10H,5-8H2,1-2H3,(H,15,16). The van der Waals surface area contributed by atoms with E-state index in [1.54, 1.807) is 6.07 Å². The van der Waals surface area contributed by atoms with Gasteiger partial charge >= 0.3 is 5.97 Å². The number of hydrogen-bond acceptors (Lipinski definition) is 3. The van der Waals surface area contributed by atoms with Crippen LogP contribution in [0.15, 0.2) is 12.1 Å². The second-order valence-corrected chi connectivity index (χ2v) is 6.22. The summed E-state index contributed by atoms with van der Waals surface area (Å²) >= 11 is 1.40. The lowest BCUT2D eigenvalue weighted by Crippen LogP contribution is -2.37. The molecule has 1 aliphatic heterocycles. The summed E-state index contributed by atoms with van der Waals surface area (Å²) in [6.45, 7) is 7.77. The van der Waals surface area contributed by atoms with Crippen molar-refractivity contribution in [3.8, 4) is 0 Å². The fourth-order valence-corrected chi connectivity index (χ4v) is 3.18. The molecule has 17 heavy (non-hydrogen) atoms. The summed E-state index contributed by atoms with van der Waals surface area (Å²) in [4.78, 5) is 14.8. The monoisotopic (exact) mass is 253 g/mol. The summed E-state index contributed by atoms with van der Waals surface area (Å²) in [5.41, 5.74) is 0. The van der Waals surface area contributed by atoms with E-state index in [1.165, 1.54) is 17.8 Å². The number of nitrogens with zero attached hydrogens (tertiary/aromatic N) is 1. The smallest absolute Gasteiger partial charge is 0.345 e. The summed E-state index contributed by atoms with van der Waals surface area (Å²) in [6.07, 6.45) is 1.25. The van der Waals surface area contributed by atoms with Crippen LogP contribution in [0.1, 0.15) is 34.8 Å². The van der Waals surface area contributed by atoms with Gasteiger partial charge in [-0.15, -0.1) is 11.3 Å². The molecule has 0 saturated carbocycles. The second kappa shape index (κ2) is 5.19. The molecule has 2 atom stereocenters. The lowest BCUT2D eigenvalue weighted by Gasteiger charge is -2.34. The molecule has 1 saturated heterocycles. The molecular formula is C13H19NO2S. The summed E-state index contributed by atoms with van der Waals surface area (Å²) < 4.78 is 0. The quantitative estimate of drug-likeness (QED) is 0.900. The number of piperidine rings is 1. The average Bonchev–Trinajstić information content (AvgIpc) is 2.72. The van der Waals surface area contributed by atoms with Gasteiger partial charge in [0.25, 0.3) is 0 Å². The minimum Gasteiger partial charge on any atom is -0.477 e. The first-order valence-electron chi connectivity index (χ1n) is 6.10. The highest BCUT2D eigenvalue weighted by Crippen LogP contribution is 2.25. The van der Waals surface area contributed by atoms with Crippen LogP contribution in [-0.2, 0) is 6.54 Å². The van der Waals surface area contributed by atoms with E-state index in [-0.39, 0.29) is 0 Å². The van der Waals surface area contributed by atoms with E-state index in [9.17, 15) is 4.79 Å². The first-order valence-corrected chi connectivity index (χ1v) is 6.92. The average molecular weight is 253 g/mol. The van der Waals surface area contributed by atoms with Gasteiger partial charge in [0, 0.05) is 18.0 Å². The Morgan fingerprint density at radius 3 is 2.82 bits per heavy atom. The normalized spacial score (nSPS) is 26.0. The van der Waals surface area contributed by atoms with Crippen LogP contribution in [0.5, 0.6) is 0 Å². The Morgan fingerprint density at radius 1 is 1.47 bits per heavy atom. The topological polar surface area (TPSA) is 40.5 Å². The molecule has 0 amide bonds. The van der Waals surface area contributed by atoms with Gasteiger partial charge in [-0.3, -0.25) is 4.90 Å². The van der Waals surface area contributed by atoms with Gasteiger partial charge < -0.3 is 5.11 Å². The zero-order chi connectivity index (χ0) is 12.4. The summed E-state index contributed by atoms with van der Waals surface area (Å²) in [5.74, 6) is 0.730. The molecule has 1 N–H and O–H groups in total. The molecule has 1 aliphatic rings. The molecule has 0 bridgehead atoms. The number of thiophene rings is 1. The number of carbonyl (C=O) groups is 1. The van der Waals surface area contributed by atoms with Crippen LogP contribution in [0.4, 0.5) is 0 Å². The lowest BCUT2D eigenvalue weighted by molar-refractivity contribution is 0.0702. The molecule has 1 aromatic heterocycles. The van der Waals surface area contributed by atoms with Gasteiger partial charge in [-0.25, -0.2) is 4.79 Å². The zero-order valence-electron chi connectivity index (χ0n) is 10.3. The third-order valence-corrected chi connectivity index (χ3v) is 4.73. The van der Waals surface area contributed by atoms with E-state index < -0.39 is 5.97 Å². The minimum atomic E-state index is -0.818. The van der Waals surface area contributed by atoms with Crippen molar-refractivity contribution in [2.75, 3.05) is 13.1 Å². The van der Waals surface area contributed by atoms with E-state index in [0.717, 1.165) is 36.3 Å². The number of carboxylic acid groups (broad SMARTS) is 1. The van der Waals surface area contributed by atoms with Gasteiger partial charge in [0.15, 0.2) is 0 Å². The number of carboxylic acids is 1. The molecule has 0 spiro atoms. The van der Waals surface area contributed by atoms with Crippen LogP contribution in [0.3, 0.4) is 0 Å². The maximum atomic E-state index is 10.8. The SMILES string of the molecule is CC1CCN(Cc2ccc(C(=O)O)s2)CC1C. The van der Waals surface area contributed by atoms with Gasteiger partial charge in [-0.2, -0.15) is 0 Å². The van der Waals surface area contributed by atoms with E-state index in [1.807, 2.05) is 6.07 Å². The molecule has 2 heterocycles. The van der Waals surface area contributed by atoms with Crippen molar-refractivity contribution in [1.82, 2.24) is 4.90 Å². The van der Waals surface area contributed by atoms with Gasteiger partial charge in [0.2, 0.25) is 0 Å². The van der Waals surface area contributed by atoms with E-state index in [4.69, 9.17) is 5.11 Å². The Labute approximate surface area is 106 Å². The van der Waals surface area contributed by atoms with E-state index >= 15 is 0 Å². The molecule has 2 rings (SSSR count). The Kier molecular flexibility index (Phi) is 3.84. The predicted molar refractivity (Wildman–Crippen MR) is 69.5 cm³/mol. The Morgan fingerprint density at radius 2 is 2.24 bits per heavy atom. The van der Waals surface area contributed by atoms with E-state index in [0.29, 0.717) is 4.88 Å². The highest BCUT2D eigenvalue weighted by Gasteiger charge is 2.22. The van der Waals surface area contributed by atoms with Crippen molar-refractivity contribution in [1.29, 1.82) is 0 Å². The molecule has 0 aromatic carbocycles. The molecule has 94 valence electrons. The minimum absolute atomic E-state index is 0.443. The molecule has 0 radical (unpaired) electrons. The third kappa shape index (κ3) is 3.07. The number of rotatable bonds is 3. The van der Waals surface area contributed by atoms with Crippen LogP contribution >= 0.6 is 11.3 Å². The third-order valence-electron chi connectivity index (χ3n) is 3.67. The molecule has 1 aromatic rings. The summed E-state index contributed by atoms with van der Waals surface area (Å²) in [7, 11) is 0. The van der Waals surface area contributed by atoms with Crippen LogP contribution in [-0.4, -0.2) is 29.1 Å². The molecule has 4 heteroatoms.